The number of nitrogens with one attached hydrogen (secondary N) is 2. The highest BCUT2D eigenvalue weighted by atomic mass is 16.6. The van der Waals surface area contributed by atoms with Crippen LogP contribution in [0.3, 0.4) is 0 Å². The van der Waals surface area contributed by atoms with Crippen LogP contribution in [0.1, 0.15) is 31.1 Å². The van der Waals surface area contributed by atoms with Crippen LogP contribution in [0.25, 0.3) is 0 Å². The normalized spacial score (nSPS) is 10.7. The first-order valence-electron chi connectivity index (χ1n) is 6.73. The minimum atomic E-state index is -0.513. The monoisotopic (exact) mass is 294 g/mol. The average molecular weight is 294 g/mol. The number of carbonyl (C=O) groups excluding carboxylic acids is 2. The first-order chi connectivity index (χ1) is 9.81. The molecule has 0 spiro atoms. The molecule has 6 nitrogen and oxygen atoms in total. The van der Waals surface area contributed by atoms with E-state index in [-0.39, 0.29) is 5.91 Å². The predicted octanol–water partition coefficient (Wildman–Crippen LogP) is 1.95. The Bertz CT molecular complexity index is 477. The Balaban J connectivity index is 2.30. The Morgan fingerprint density at radius 3 is 2.29 bits per heavy atom. The number of hydrogen-bond donors (Lipinski definition) is 2. The molecule has 0 aliphatic rings. The van der Waals surface area contributed by atoms with Crippen LogP contribution >= 0.6 is 0 Å². The van der Waals surface area contributed by atoms with E-state index in [4.69, 9.17) is 9.47 Å². The molecule has 0 saturated carbocycles. The van der Waals surface area contributed by atoms with Crippen molar-refractivity contribution in [1.29, 1.82) is 0 Å². The second-order valence-corrected chi connectivity index (χ2v) is 5.38. The zero-order valence-corrected chi connectivity index (χ0v) is 12.9. The summed E-state index contributed by atoms with van der Waals surface area (Å²) in [6.45, 7) is 6.07. The van der Waals surface area contributed by atoms with Gasteiger partial charge in [-0.15, -0.1) is 0 Å². The number of rotatable bonds is 5. The molecule has 0 unspecified atom stereocenters. The minimum Gasteiger partial charge on any atom is -0.492 e. The van der Waals surface area contributed by atoms with Gasteiger partial charge in [0.2, 0.25) is 0 Å². The van der Waals surface area contributed by atoms with Crippen molar-refractivity contribution in [3.05, 3.63) is 29.8 Å². The lowest BCUT2D eigenvalue weighted by atomic mass is 10.2. The number of carbonyl (C=O) groups is 2. The molecular weight excluding hydrogens is 272 g/mol. The van der Waals surface area contributed by atoms with E-state index in [9.17, 15) is 9.59 Å². The highest BCUT2D eigenvalue weighted by Crippen LogP contribution is 2.12. The lowest BCUT2D eigenvalue weighted by Crippen LogP contribution is -2.34. The van der Waals surface area contributed by atoms with Gasteiger partial charge in [-0.3, -0.25) is 4.79 Å². The second kappa shape index (κ2) is 7.52. The van der Waals surface area contributed by atoms with Gasteiger partial charge in [-0.05, 0) is 45.0 Å². The Kier molecular flexibility index (Phi) is 6.02. The molecule has 0 aliphatic carbocycles. The smallest absolute Gasteiger partial charge is 0.407 e. The fourth-order valence-corrected chi connectivity index (χ4v) is 1.48. The van der Waals surface area contributed by atoms with Gasteiger partial charge >= 0.3 is 6.09 Å². The molecule has 2 amide bonds. The van der Waals surface area contributed by atoms with Gasteiger partial charge in [0, 0.05) is 12.6 Å². The van der Waals surface area contributed by atoms with Crippen molar-refractivity contribution in [2.24, 2.45) is 0 Å². The molecule has 2 N–H and O–H groups in total. The van der Waals surface area contributed by atoms with E-state index in [0.717, 1.165) is 0 Å². The topological polar surface area (TPSA) is 76.7 Å². The van der Waals surface area contributed by atoms with Crippen molar-refractivity contribution in [2.45, 2.75) is 26.4 Å². The SMILES string of the molecule is CNC(=O)c1ccc(OCCNC(=O)OC(C)(C)C)cc1. The van der Waals surface area contributed by atoms with Crippen molar-refractivity contribution in [3.8, 4) is 5.75 Å². The van der Waals surface area contributed by atoms with E-state index in [1.165, 1.54) is 0 Å². The lowest BCUT2D eigenvalue weighted by molar-refractivity contribution is 0.0520. The summed E-state index contributed by atoms with van der Waals surface area (Å²) < 4.78 is 10.5. The molecule has 0 aromatic heterocycles. The first kappa shape index (κ1) is 16.8. The Morgan fingerprint density at radius 1 is 1.14 bits per heavy atom. The van der Waals surface area contributed by atoms with E-state index in [1.807, 2.05) is 0 Å². The molecule has 1 aromatic rings. The average Bonchev–Trinajstić information content (AvgIpc) is 2.41. The van der Waals surface area contributed by atoms with E-state index < -0.39 is 11.7 Å². The molecule has 0 heterocycles. The van der Waals surface area contributed by atoms with Gasteiger partial charge in [-0.25, -0.2) is 4.79 Å². The number of ether oxygens (including phenoxy) is 2. The maximum absolute atomic E-state index is 11.4. The summed E-state index contributed by atoms with van der Waals surface area (Å²) in [7, 11) is 1.58. The summed E-state index contributed by atoms with van der Waals surface area (Å²) >= 11 is 0. The van der Waals surface area contributed by atoms with Gasteiger partial charge in [0.25, 0.3) is 5.91 Å². The zero-order valence-electron chi connectivity index (χ0n) is 12.9. The highest BCUT2D eigenvalue weighted by Gasteiger charge is 2.15. The molecule has 0 atom stereocenters. The number of amides is 2. The highest BCUT2D eigenvalue weighted by molar-refractivity contribution is 5.94. The van der Waals surface area contributed by atoms with Crippen molar-refractivity contribution < 1.29 is 19.1 Å². The third-order valence-corrected chi connectivity index (χ3v) is 2.38. The first-order valence-corrected chi connectivity index (χ1v) is 6.73. The van der Waals surface area contributed by atoms with Crippen LogP contribution < -0.4 is 15.4 Å². The van der Waals surface area contributed by atoms with E-state index in [2.05, 4.69) is 10.6 Å². The van der Waals surface area contributed by atoms with Crippen molar-refractivity contribution in [1.82, 2.24) is 10.6 Å². The standard InChI is InChI=1S/C15H22N2O4/c1-15(2,3)21-14(19)17-9-10-20-12-7-5-11(6-8-12)13(18)16-4/h5-8H,9-10H2,1-4H3,(H,16,18)(H,17,19). The van der Waals surface area contributed by atoms with E-state index in [0.29, 0.717) is 24.5 Å². The summed E-state index contributed by atoms with van der Waals surface area (Å²) in [6, 6.07) is 6.76. The molecule has 6 heteroatoms. The Hall–Kier alpha value is -2.24. The molecule has 0 bridgehead atoms. The van der Waals surface area contributed by atoms with Crippen LogP contribution in [-0.2, 0) is 4.74 Å². The van der Waals surface area contributed by atoms with Crippen LogP contribution in [0.2, 0.25) is 0 Å². The maximum atomic E-state index is 11.4. The summed E-state index contributed by atoms with van der Waals surface area (Å²) in [6.07, 6.45) is -0.471. The van der Waals surface area contributed by atoms with Crippen LogP contribution in [0.5, 0.6) is 5.75 Å². The fourth-order valence-electron chi connectivity index (χ4n) is 1.48. The predicted molar refractivity (Wildman–Crippen MR) is 79.6 cm³/mol. The minimum absolute atomic E-state index is 0.145. The van der Waals surface area contributed by atoms with Gasteiger partial charge in [-0.2, -0.15) is 0 Å². The largest absolute Gasteiger partial charge is 0.492 e. The molecule has 0 aliphatic heterocycles. The quantitative estimate of drug-likeness (QED) is 0.814. The number of hydrogen-bond acceptors (Lipinski definition) is 4. The summed E-state index contributed by atoms with van der Waals surface area (Å²) in [5, 5.41) is 5.14. The van der Waals surface area contributed by atoms with Gasteiger partial charge in [0.15, 0.2) is 0 Å². The fraction of sp³-hybridized carbons (Fsp3) is 0.467. The number of alkyl carbamates (subject to hydrolysis) is 1. The molecule has 0 fully saturated rings. The van der Waals surface area contributed by atoms with Crippen LogP contribution in [0, 0.1) is 0 Å². The maximum Gasteiger partial charge on any atom is 0.407 e. The molecular formula is C15H22N2O4. The molecule has 1 aromatic carbocycles. The van der Waals surface area contributed by atoms with Crippen LogP contribution in [0.15, 0.2) is 24.3 Å². The zero-order chi connectivity index (χ0) is 15.9. The molecule has 0 saturated heterocycles. The van der Waals surface area contributed by atoms with Crippen LogP contribution in [-0.4, -0.2) is 37.8 Å². The van der Waals surface area contributed by atoms with Crippen molar-refractivity contribution in [2.75, 3.05) is 20.2 Å². The van der Waals surface area contributed by atoms with Crippen LogP contribution in [0.4, 0.5) is 4.79 Å². The third kappa shape index (κ3) is 6.65. The third-order valence-electron chi connectivity index (χ3n) is 2.38. The van der Waals surface area contributed by atoms with Gasteiger partial charge in [0.1, 0.15) is 18.0 Å². The summed E-state index contributed by atoms with van der Waals surface area (Å²) in [4.78, 5) is 22.8. The Morgan fingerprint density at radius 2 is 1.76 bits per heavy atom. The molecule has 0 radical (unpaired) electrons. The molecule has 21 heavy (non-hydrogen) atoms. The number of benzene rings is 1. The molecule has 116 valence electrons. The Labute approximate surface area is 124 Å². The van der Waals surface area contributed by atoms with Gasteiger partial charge < -0.3 is 20.1 Å². The second-order valence-electron chi connectivity index (χ2n) is 5.38. The van der Waals surface area contributed by atoms with Crippen molar-refractivity contribution in [3.63, 3.8) is 0 Å². The van der Waals surface area contributed by atoms with E-state index >= 15 is 0 Å². The lowest BCUT2D eigenvalue weighted by Gasteiger charge is -2.19. The van der Waals surface area contributed by atoms with E-state index in [1.54, 1.807) is 52.1 Å². The summed E-state index contributed by atoms with van der Waals surface area (Å²) in [5.74, 6) is 0.488. The van der Waals surface area contributed by atoms with Gasteiger partial charge in [0.05, 0.1) is 6.54 Å². The van der Waals surface area contributed by atoms with Gasteiger partial charge in [-0.1, -0.05) is 0 Å². The van der Waals surface area contributed by atoms with Crippen molar-refractivity contribution >= 4 is 12.0 Å². The molecule has 1 rings (SSSR count). The summed E-state index contributed by atoms with van der Waals surface area (Å²) in [5.41, 5.74) is 0.0531.